The lowest BCUT2D eigenvalue weighted by Gasteiger charge is -2.19. The molecule has 0 radical (unpaired) electrons. The van der Waals surface area contributed by atoms with E-state index in [4.69, 9.17) is 44.1 Å². The summed E-state index contributed by atoms with van der Waals surface area (Å²) in [7, 11) is 0. The van der Waals surface area contributed by atoms with E-state index in [2.05, 4.69) is 11.7 Å². The van der Waals surface area contributed by atoms with Crippen LogP contribution in [0.25, 0.3) is 16.8 Å². The second-order valence-corrected chi connectivity index (χ2v) is 9.57. The van der Waals surface area contributed by atoms with E-state index < -0.39 is 11.5 Å². The molecule has 0 saturated heterocycles. The summed E-state index contributed by atoms with van der Waals surface area (Å²) in [5.74, 6) is -0.0624. The van der Waals surface area contributed by atoms with Crippen LogP contribution in [-0.2, 0) is 0 Å². The average Bonchev–Trinajstić information content (AvgIpc) is 3.29. The van der Waals surface area contributed by atoms with Crippen molar-refractivity contribution in [1.82, 2.24) is 5.16 Å². The number of carbonyl (C=O) groups is 1. The van der Waals surface area contributed by atoms with Crippen LogP contribution in [0.1, 0.15) is 58.1 Å². The van der Waals surface area contributed by atoms with E-state index in [0.717, 1.165) is 0 Å². The van der Waals surface area contributed by atoms with Gasteiger partial charge in [-0.05, 0) is 41.5 Å². The predicted octanol–water partition coefficient (Wildman–Crippen LogP) is 8.85. The van der Waals surface area contributed by atoms with E-state index in [1.165, 1.54) is 6.07 Å². The van der Waals surface area contributed by atoms with Gasteiger partial charge in [0.15, 0.2) is 0 Å². The number of hydrogen-bond donors (Lipinski definition) is 1. The fourth-order valence-corrected chi connectivity index (χ4v) is 4.72. The number of nitrogens with zero attached hydrogens (tertiary/aromatic N) is 1. The highest BCUT2D eigenvalue weighted by Gasteiger charge is 2.30. The second kappa shape index (κ2) is 10.8. The van der Waals surface area contributed by atoms with E-state index in [1.54, 1.807) is 42.5 Å². The van der Waals surface area contributed by atoms with Gasteiger partial charge in [0.05, 0.1) is 21.2 Å². The molecule has 5 nitrogen and oxygen atoms in total. The number of hydrogen-bond acceptors (Lipinski definition) is 4. The molecule has 0 spiro atoms. The van der Waals surface area contributed by atoms with E-state index in [1.807, 2.05) is 32.0 Å². The highest BCUT2D eigenvalue weighted by atomic mass is 35.5. The molecule has 0 aliphatic carbocycles. The largest absolute Gasteiger partial charge is 0.478 e. The molecule has 0 aliphatic heterocycles. The normalized spacial score (nSPS) is 11.9. The first kappa shape index (κ1) is 25.8. The van der Waals surface area contributed by atoms with Gasteiger partial charge in [-0.25, -0.2) is 4.79 Å². The van der Waals surface area contributed by atoms with E-state index in [0.29, 0.717) is 55.1 Å². The van der Waals surface area contributed by atoms with Gasteiger partial charge < -0.3 is 14.4 Å². The molecule has 36 heavy (non-hydrogen) atoms. The van der Waals surface area contributed by atoms with Crippen molar-refractivity contribution in [3.8, 4) is 17.0 Å². The number of carboxylic acids is 1. The second-order valence-electron chi connectivity index (χ2n) is 8.36. The number of ether oxygens (including phenoxy) is 1. The Balaban J connectivity index is 1.75. The standard InChI is InChI=1S/C28H22Cl3NO4/c1-15(2)26-24(25(32-36-26)23-20(29)11-7-12-21(23)30)27(31)35-22-13-5-4-10-19(22)16(3)17-8-6-9-18(14-17)28(33)34/h4-15,27H,3H2,1-2H3,(H,33,34). The van der Waals surface area contributed by atoms with Crippen molar-refractivity contribution in [2.45, 2.75) is 25.3 Å². The number of carboxylic acid groups (broad SMARTS) is 1. The van der Waals surface area contributed by atoms with Crippen LogP contribution >= 0.6 is 34.8 Å². The Hall–Kier alpha value is -3.25. The molecule has 0 fully saturated rings. The fourth-order valence-electron chi connectivity index (χ4n) is 3.83. The van der Waals surface area contributed by atoms with Crippen molar-refractivity contribution >= 4 is 46.3 Å². The lowest BCUT2D eigenvalue weighted by molar-refractivity contribution is 0.0697. The van der Waals surface area contributed by atoms with Gasteiger partial charge in [-0.2, -0.15) is 0 Å². The van der Waals surface area contributed by atoms with E-state index in [9.17, 15) is 9.90 Å². The van der Waals surface area contributed by atoms with Crippen molar-refractivity contribution in [3.05, 3.63) is 111 Å². The van der Waals surface area contributed by atoms with Gasteiger partial charge in [-0.1, -0.05) is 96.8 Å². The maximum atomic E-state index is 11.4. The third-order valence-electron chi connectivity index (χ3n) is 5.61. The highest BCUT2D eigenvalue weighted by Crippen LogP contribution is 2.44. The maximum Gasteiger partial charge on any atom is 0.335 e. The molecule has 184 valence electrons. The Kier molecular flexibility index (Phi) is 7.74. The lowest BCUT2D eigenvalue weighted by Crippen LogP contribution is -2.07. The van der Waals surface area contributed by atoms with Crippen LogP contribution in [0.15, 0.2) is 77.8 Å². The van der Waals surface area contributed by atoms with Gasteiger partial charge in [0.25, 0.3) is 0 Å². The molecule has 4 rings (SSSR count). The summed E-state index contributed by atoms with van der Waals surface area (Å²) in [6.45, 7) is 8.09. The summed E-state index contributed by atoms with van der Waals surface area (Å²) in [5.41, 5.74) is 2.48. The van der Waals surface area contributed by atoms with E-state index in [-0.39, 0.29) is 11.5 Å². The minimum Gasteiger partial charge on any atom is -0.478 e. The Bertz CT molecular complexity index is 1420. The molecule has 1 unspecified atom stereocenters. The third kappa shape index (κ3) is 5.14. The van der Waals surface area contributed by atoms with Crippen LogP contribution in [-0.4, -0.2) is 16.2 Å². The smallest absolute Gasteiger partial charge is 0.335 e. The molecule has 8 heteroatoms. The lowest BCUT2D eigenvalue weighted by atomic mass is 9.97. The van der Waals surface area contributed by atoms with Crippen molar-refractivity contribution < 1.29 is 19.2 Å². The number of benzene rings is 3. The maximum absolute atomic E-state index is 11.4. The van der Waals surface area contributed by atoms with Crippen LogP contribution in [0.4, 0.5) is 0 Å². The van der Waals surface area contributed by atoms with Gasteiger partial charge >= 0.3 is 5.97 Å². The van der Waals surface area contributed by atoms with E-state index >= 15 is 0 Å². The van der Waals surface area contributed by atoms with Crippen molar-refractivity contribution in [2.24, 2.45) is 0 Å². The molecular weight excluding hydrogens is 521 g/mol. The van der Waals surface area contributed by atoms with Crippen molar-refractivity contribution in [1.29, 1.82) is 0 Å². The molecule has 3 aromatic carbocycles. The number of alkyl halides is 1. The molecule has 1 atom stereocenters. The minimum atomic E-state index is -1.02. The first-order valence-corrected chi connectivity index (χ1v) is 12.2. The fraction of sp³-hybridized carbons (Fsp3) is 0.143. The number of aromatic carboxylic acids is 1. The zero-order valence-electron chi connectivity index (χ0n) is 19.5. The van der Waals surface area contributed by atoms with Gasteiger partial charge in [0, 0.05) is 17.0 Å². The summed E-state index contributed by atoms with van der Waals surface area (Å²) < 4.78 is 11.9. The Morgan fingerprint density at radius 1 is 1.00 bits per heavy atom. The van der Waals surface area contributed by atoms with Gasteiger partial charge in [-0.15, -0.1) is 0 Å². The van der Waals surface area contributed by atoms with Crippen molar-refractivity contribution in [2.75, 3.05) is 0 Å². The monoisotopic (exact) mass is 541 g/mol. The summed E-state index contributed by atoms with van der Waals surface area (Å²) in [6, 6.07) is 19.0. The topological polar surface area (TPSA) is 72.6 Å². The van der Waals surface area contributed by atoms with Gasteiger partial charge in [0.1, 0.15) is 17.2 Å². The first-order valence-electron chi connectivity index (χ1n) is 11.1. The van der Waals surface area contributed by atoms with Crippen LogP contribution in [0.5, 0.6) is 5.75 Å². The van der Waals surface area contributed by atoms with Crippen LogP contribution < -0.4 is 4.74 Å². The molecule has 0 saturated carbocycles. The summed E-state index contributed by atoms with van der Waals surface area (Å²) >= 11 is 19.8. The molecule has 0 aliphatic rings. The summed E-state index contributed by atoms with van der Waals surface area (Å²) in [4.78, 5) is 11.4. The molecular formula is C28H22Cl3NO4. The SMILES string of the molecule is C=C(c1cccc(C(=O)O)c1)c1ccccc1OC(Cl)c1c(-c2c(Cl)cccc2Cl)noc1C(C)C. The number of halogens is 3. The van der Waals surface area contributed by atoms with Gasteiger partial charge in [-0.3, -0.25) is 0 Å². The summed E-state index contributed by atoms with van der Waals surface area (Å²) in [5, 5.41) is 14.4. The van der Waals surface area contributed by atoms with Gasteiger partial charge in [0.2, 0.25) is 5.56 Å². The van der Waals surface area contributed by atoms with Crippen LogP contribution in [0, 0.1) is 0 Å². The summed E-state index contributed by atoms with van der Waals surface area (Å²) in [6.07, 6.45) is 0. The Morgan fingerprint density at radius 2 is 1.64 bits per heavy atom. The van der Waals surface area contributed by atoms with Crippen LogP contribution in [0.3, 0.4) is 0 Å². The average molecular weight is 543 g/mol. The molecule has 1 aromatic heterocycles. The third-order valence-corrected chi connectivity index (χ3v) is 6.54. The Labute approximate surface area is 223 Å². The number of rotatable bonds is 8. The number of aromatic nitrogens is 1. The molecule has 0 bridgehead atoms. The first-order chi connectivity index (χ1) is 17.2. The predicted molar refractivity (Wildman–Crippen MR) is 143 cm³/mol. The Morgan fingerprint density at radius 3 is 2.31 bits per heavy atom. The molecule has 0 amide bonds. The minimum absolute atomic E-state index is 0.0451. The molecule has 4 aromatic rings. The number of para-hydroxylation sites is 1. The highest BCUT2D eigenvalue weighted by molar-refractivity contribution is 6.39. The zero-order valence-corrected chi connectivity index (χ0v) is 21.7. The zero-order chi connectivity index (χ0) is 26.0. The molecule has 1 N–H and O–H groups in total. The van der Waals surface area contributed by atoms with Crippen LogP contribution in [0.2, 0.25) is 10.0 Å². The molecule has 1 heterocycles. The quantitative estimate of drug-likeness (QED) is 0.225. The van der Waals surface area contributed by atoms with Crippen molar-refractivity contribution in [3.63, 3.8) is 0 Å².